The number of para-hydroxylation sites is 1. The van der Waals surface area contributed by atoms with E-state index >= 15 is 0 Å². The number of anilines is 1. The minimum absolute atomic E-state index is 0.367. The lowest BCUT2D eigenvalue weighted by Crippen LogP contribution is -2.30. The van der Waals surface area contributed by atoms with Gasteiger partial charge in [0.15, 0.2) is 0 Å². The Morgan fingerprint density at radius 1 is 1.00 bits per heavy atom. The van der Waals surface area contributed by atoms with Gasteiger partial charge in [-0.3, -0.25) is 9.59 Å². The molecule has 0 spiro atoms. The van der Waals surface area contributed by atoms with E-state index in [-0.39, 0.29) is 11.9 Å². The second-order valence-electron chi connectivity index (χ2n) is 4.50. The highest BCUT2D eigenvalue weighted by atomic mass is 16.5. The fourth-order valence-corrected chi connectivity index (χ4v) is 2.43. The zero-order chi connectivity index (χ0) is 13.8. The van der Waals surface area contributed by atoms with Crippen molar-refractivity contribution in [2.75, 3.05) is 32.2 Å². The van der Waals surface area contributed by atoms with Gasteiger partial charge in [-0.2, -0.15) is 0 Å². The molecule has 2 atom stereocenters. The van der Waals surface area contributed by atoms with E-state index in [1.54, 1.807) is 0 Å². The Bertz CT molecular complexity index is 436. The molecular formula is C14H17NO4. The summed E-state index contributed by atoms with van der Waals surface area (Å²) in [7, 11) is 2.67. The third-order valence-electron chi connectivity index (χ3n) is 3.45. The fraction of sp³-hybridized carbons (Fsp3) is 0.429. The molecule has 1 saturated heterocycles. The molecule has 5 nitrogen and oxygen atoms in total. The van der Waals surface area contributed by atoms with Crippen molar-refractivity contribution in [3.63, 3.8) is 0 Å². The summed E-state index contributed by atoms with van der Waals surface area (Å²) in [6, 6.07) is 9.68. The van der Waals surface area contributed by atoms with Crippen molar-refractivity contribution >= 4 is 17.6 Å². The molecule has 0 amide bonds. The Balaban J connectivity index is 2.20. The molecule has 1 aliphatic heterocycles. The summed E-state index contributed by atoms with van der Waals surface area (Å²) in [5.74, 6) is -1.68. The van der Waals surface area contributed by atoms with Gasteiger partial charge in [0.05, 0.1) is 26.1 Å². The van der Waals surface area contributed by atoms with Crippen LogP contribution >= 0.6 is 0 Å². The molecule has 1 aliphatic rings. The molecule has 2 rings (SSSR count). The van der Waals surface area contributed by atoms with E-state index in [0.29, 0.717) is 13.1 Å². The Hall–Kier alpha value is -2.04. The molecule has 0 N–H and O–H groups in total. The Labute approximate surface area is 112 Å². The number of nitrogens with zero attached hydrogens (tertiary/aromatic N) is 1. The molecule has 0 unspecified atom stereocenters. The van der Waals surface area contributed by atoms with Crippen LogP contribution in [-0.4, -0.2) is 39.2 Å². The van der Waals surface area contributed by atoms with Gasteiger partial charge in [-0.05, 0) is 12.1 Å². The van der Waals surface area contributed by atoms with Crippen LogP contribution in [0.2, 0.25) is 0 Å². The van der Waals surface area contributed by atoms with Crippen molar-refractivity contribution < 1.29 is 19.1 Å². The predicted molar refractivity (Wildman–Crippen MR) is 69.7 cm³/mol. The molecule has 0 bridgehead atoms. The molecule has 1 aromatic rings. The maximum absolute atomic E-state index is 11.8. The van der Waals surface area contributed by atoms with Gasteiger partial charge in [0, 0.05) is 18.8 Å². The number of carbonyl (C=O) groups excluding carboxylic acids is 2. The second kappa shape index (κ2) is 5.73. The molecule has 1 heterocycles. The van der Waals surface area contributed by atoms with E-state index in [2.05, 4.69) is 0 Å². The van der Waals surface area contributed by atoms with E-state index in [0.717, 1.165) is 5.69 Å². The third-order valence-corrected chi connectivity index (χ3v) is 3.45. The summed E-state index contributed by atoms with van der Waals surface area (Å²) < 4.78 is 9.54. The summed E-state index contributed by atoms with van der Waals surface area (Å²) >= 11 is 0. The number of esters is 2. The van der Waals surface area contributed by atoms with Crippen LogP contribution in [0.3, 0.4) is 0 Å². The first-order chi connectivity index (χ1) is 9.17. The molecule has 0 radical (unpaired) electrons. The van der Waals surface area contributed by atoms with E-state index in [1.165, 1.54) is 14.2 Å². The van der Waals surface area contributed by atoms with Gasteiger partial charge in [0.25, 0.3) is 0 Å². The van der Waals surface area contributed by atoms with Crippen molar-refractivity contribution in [2.45, 2.75) is 0 Å². The summed E-state index contributed by atoms with van der Waals surface area (Å²) in [6.45, 7) is 0.937. The van der Waals surface area contributed by atoms with Gasteiger partial charge in [0.2, 0.25) is 0 Å². The summed E-state index contributed by atoms with van der Waals surface area (Å²) in [6.07, 6.45) is 0. The lowest BCUT2D eigenvalue weighted by atomic mass is 9.96. The molecule has 19 heavy (non-hydrogen) atoms. The molecule has 102 valence electrons. The lowest BCUT2D eigenvalue weighted by molar-refractivity contribution is -0.155. The van der Waals surface area contributed by atoms with Gasteiger partial charge < -0.3 is 14.4 Å². The monoisotopic (exact) mass is 263 g/mol. The summed E-state index contributed by atoms with van der Waals surface area (Å²) in [5, 5.41) is 0. The van der Waals surface area contributed by atoms with E-state index in [4.69, 9.17) is 9.47 Å². The van der Waals surface area contributed by atoms with Crippen LogP contribution in [0.1, 0.15) is 0 Å². The number of carbonyl (C=O) groups is 2. The van der Waals surface area contributed by atoms with E-state index in [1.807, 2.05) is 35.2 Å². The van der Waals surface area contributed by atoms with Gasteiger partial charge in [-0.15, -0.1) is 0 Å². The molecule has 0 aliphatic carbocycles. The van der Waals surface area contributed by atoms with Crippen LogP contribution < -0.4 is 4.90 Å². The molecule has 5 heteroatoms. The number of ether oxygens (including phenoxy) is 2. The zero-order valence-electron chi connectivity index (χ0n) is 11.0. The number of hydrogen-bond donors (Lipinski definition) is 0. The van der Waals surface area contributed by atoms with Crippen LogP contribution in [0, 0.1) is 11.8 Å². The first kappa shape index (κ1) is 13.4. The SMILES string of the molecule is COC(=O)[C@H]1CN(c2ccccc2)C[C@H]1C(=O)OC. The zero-order valence-corrected chi connectivity index (χ0v) is 11.0. The topological polar surface area (TPSA) is 55.8 Å². The summed E-state index contributed by atoms with van der Waals surface area (Å²) in [5.41, 5.74) is 0.989. The van der Waals surface area contributed by atoms with Crippen LogP contribution in [-0.2, 0) is 19.1 Å². The van der Waals surface area contributed by atoms with Crippen molar-refractivity contribution in [3.05, 3.63) is 30.3 Å². The maximum Gasteiger partial charge on any atom is 0.311 e. The van der Waals surface area contributed by atoms with Crippen LogP contribution in [0.4, 0.5) is 5.69 Å². The number of rotatable bonds is 3. The third kappa shape index (κ3) is 2.70. The summed E-state index contributed by atoms with van der Waals surface area (Å²) in [4.78, 5) is 25.5. The van der Waals surface area contributed by atoms with Gasteiger partial charge in [-0.1, -0.05) is 18.2 Å². The van der Waals surface area contributed by atoms with Gasteiger partial charge in [0.1, 0.15) is 0 Å². The highest BCUT2D eigenvalue weighted by Crippen LogP contribution is 2.29. The number of benzene rings is 1. The van der Waals surface area contributed by atoms with Crippen molar-refractivity contribution in [1.29, 1.82) is 0 Å². The highest BCUT2D eigenvalue weighted by molar-refractivity contribution is 5.84. The molecule has 0 saturated carbocycles. The standard InChI is InChI=1S/C14H17NO4/c1-18-13(16)11-8-15(9-12(11)14(17)19-2)10-6-4-3-5-7-10/h3-7,11-12H,8-9H2,1-2H3/t11-,12+. The van der Waals surface area contributed by atoms with E-state index < -0.39 is 11.8 Å². The molecular weight excluding hydrogens is 246 g/mol. The fourth-order valence-electron chi connectivity index (χ4n) is 2.43. The highest BCUT2D eigenvalue weighted by Gasteiger charge is 2.43. The quantitative estimate of drug-likeness (QED) is 0.764. The Morgan fingerprint density at radius 3 is 1.89 bits per heavy atom. The predicted octanol–water partition coefficient (Wildman–Crippen LogP) is 1.08. The van der Waals surface area contributed by atoms with Gasteiger partial charge >= 0.3 is 11.9 Å². The average molecular weight is 263 g/mol. The first-order valence-corrected chi connectivity index (χ1v) is 6.13. The second-order valence-corrected chi connectivity index (χ2v) is 4.50. The maximum atomic E-state index is 11.8. The first-order valence-electron chi connectivity index (χ1n) is 6.13. The molecule has 1 aromatic carbocycles. The lowest BCUT2D eigenvalue weighted by Gasteiger charge is -2.17. The number of hydrogen-bond acceptors (Lipinski definition) is 5. The number of methoxy groups -OCH3 is 2. The van der Waals surface area contributed by atoms with Crippen molar-refractivity contribution in [3.8, 4) is 0 Å². The average Bonchev–Trinajstić information content (AvgIpc) is 2.91. The van der Waals surface area contributed by atoms with Gasteiger partial charge in [-0.25, -0.2) is 0 Å². The van der Waals surface area contributed by atoms with Crippen LogP contribution in [0.15, 0.2) is 30.3 Å². The minimum Gasteiger partial charge on any atom is -0.469 e. The van der Waals surface area contributed by atoms with Crippen molar-refractivity contribution in [1.82, 2.24) is 0 Å². The van der Waals surface area contributed by atoms with Crippen LogP contribution in [0.25, 0.3) is 0 Å². The van der Waals surface area contributed by atoms with E-state index in [9.17, 15) is 9.59 Å². The van der Waals surface area contributed by atoms with Crippen LogP contribution in [0.5, 0.6) is 0 Å². The minimum atomic E-state index is -0.474. The molecule has 1 fully saturated rings. The Morgan fingerprint density at radius 2 is 1.47 bits per heavy atom. The smallest absolute Gasteiger partial charge is 0.311 e. The van der Waals surface area contributed by atoms with Crippen molar-refractivity contribution in [2.24, 2.45) is 11.8 Å². The normalized spacial score (nSPS) is 22.1. The Kier molecular flexibility index (Phi) is 4.04. The largest absolute Gasteiger partial charge is 0.469 e. The molecule has 0 aromatic heterocycles.